The van der Waals surface area contributed by atoms with Crippen LogP contribution in [0, 0.1) is 5.92 Å². The van der Waals surface area contributed by atoms with Gasteiger partial charge in [-0.2, -0.15) is 0 Å². The molecule has 24 heavy (non-hydrogen) atoms. The summed E-state index contributed by atoms with van der Waals surface area (Å²) in [7, 11) is 0. The molecule has 0 saturated heterocycles. The number of fused-ring (bicyclic) bond motifs is 2. The Labute approximate surface area is 140 Å². The van der Waals surface area contributed by atoms with Crippen LogP contribution in [0.25, 0.3) is 33.1 Å². The third kappa shape index (κ3) is 2.38. The van der Waals surface area contributed by atoms with Crippen molar-refractivity contribution in [2.75, 3.05) is 5.73 Å². The smallest absolute Gasteiger partial charge is 0.143 e. The van der Waals surface area contributed by atoms with Crippen LogP contribution in [-0.2, 0) is 6.42 Å². The summed E-state index contributed by atoms with van der Waals surface area (Å²) in [5.74, 6) is 1.01. The number of nitrogen functional groups attached to an aromatic ring is 1. The zero-order valence-electron chi connectivity index (χ0n) is 13.7. The maximum Gasteiger partial charge on any atom is 0.143 e. The molecule has 0 aliphatic rings. The lowest BCUT2D eigenvalue weighted by molar-refractivity contribution is 0.639. The number of nitrogens with two attached hydrogens (primary N) is 1. The molecule has 0 bridgehead atoms. The van der Waals surface area contributed by atoms with Crippen LogP contribution in [-0.4, -0.2) is 19.9 Å². The minimum absolute atomic E-state index is 0.495. The van der Waals surface area contributed by atoms with Crippen molar-refractivity contribution >= 4 is 27.8 Å². The molecule has 0 aliphatic carbocycles. The minimum atomic E-state index is 0.495. The lowest BCUT2D eigenvalue weighted by Crippen LogP contribution is -1.97. The zero-order valence-corrected chi connectivity index (χ0v) is 13.7. The Morgan fingerprint density at radius 2 is 1.96 bits per heavy atom. The van der Waals surface area contributed by atoms with Crippen LogP contribution in [0.4, 0.5) is 5.82 Å². The van der Waals surface area contributed by atoms with Gasteiger partial charge >= 0.3 is 0 Å². The van der Waals surface area contributed by atoms with E-state index in [4.69, 9.17) is 5.73 Å². The summed E-state index contributed by atoms with van der Waals surface area (Å²) in [6, 6.07) is 10.3. The minimum Gasteiger partial charge on any atom is -0.383 e. The third-order valence-corrected chi connectivity index (χ3v) is 4.19. The normalized spacial score (nSPS) is 11.6. The van der Waals surface area contributed by atoms with E-state index in [0.717, 1.165) is 45.2 Å². The molecule has 0 unspecified atom stereocenters. The van der Waals surface area contributed by atoms with Gasteiger partial charge in [0.15, 0.2) is 0 Å². The second-order valence-corrected chi connectivity index (χ2v) is 6.48. The van der Waals surface area contributed by atoms with Gasteiger partial charge in [-0.05, 0) is 24.5 Å². The third-order valence-electron chi connectivity index (χ3n) is 4.19. The first-order chi connectivity index (χ1) is 11.6. The highest BCUT2D eigenvalue weighted by atomic mass is 15.0. The topological polar surface area (TPSA) is 80.5 Å². The van der Waals surface area contributed by atoms with Gasteiger partial charge in [-0.1, -0.05) is 32.0 Å². The summed E-state index contributed by atoms with van der Waals surface area (Å²) >= 11 is 0. The Balaban J connectivity index is 2.01. The van der Waals surface area contributed by atoms with Crippen LogP contribution < -0.4 is 5.73 Å². The molecule has 0 amide bonds. The van der Waals surface area contributed by atoms with Gasteiger partial charge < -0.3 is 10.7 Å². The van der Waals surface area contributed by atoms with Gasteiger partial charge in [0.05, 0.1) is 10.9 Å². The second-order valence-electron chi connectivity index (χ2n) is 6.48. The van der Waals surface area contributed by atoms with Crippen molar-refractivity contribution in [2.45, 2.75) is 20.3 Å². The van der Waals surface area contributed by atoms with Crippen molar-refractivity contribution in [1.82, 2.24) is 19.9 Å². The van der Waals surface area contributed by atoms with Crippen LogP contribution in [0.2, 0.25) is 0 Å². The molecule has 0 spiro atoms. The Bertz CT molecular complexity index is 1030. The lowest BCUT2D eigenvalue weighted by atomic mass is 9.98. The van der Waals surface area contributed by atoms with Crippen LogP contribution in [0.15, 0.2) is 42.9 Å². The van der Waals surface area contributed by atoms with Crippen LogP contribution in [0.5, 0.6) is 0 Å². The molecule has 0 radical (unpaired) electrons. The Morgan fingerprint density at radius 3 is 2.79 bits per heavy atom. The van der Waals surface area contributed by atoms with Crippen molar-refractivity contribution in [2.24, 2.45) is 5.92 Å². The molecular formula is C19H19N5. The maximum atomic E-state index is 6.16. The summed E-state index contributed by atoms with van der Waals surface area (Å²) in [4.78, 5) is 16.5. The summed E-state index contributed by atoms with van der Waals surface area (Å²) in [5.41, 5.74) is 11.2. The summed E-state index contributed by atoms with van der Waals surface area (Å²) in [5, 5.41) is 1.99. The van der Waals surface area contributed by atoms with E-state index in [0.29, 0.717) is 11.7 Å². The molecule has 1 aromatic carbocycles. The Hall–Kier alpha value is -2.95. The molecule has 0 saturated carbocycles. The number of hydrogen-bond acceptors (Lipinski definition) is 4. The van der Waals surface area contributed by atoms with Gasteiger partial charge in [-0.15, -0.1) is 0 Å². The molecule has 4 rings (SSSR count). The Kier molecular flexibility index (Phi) is 3.41. The van der Waals surface area contributed by atoms with Gasteiger partial charge in [0.1, 0.15) is 17.8 Å². The number of nitrogens with zero attached hydrogens (tertiary/aromatic N) is 3. The number of aromatic nitrogens is 4. The van der Waals surface area contributed by atoms with Gasteiger partial charge in [0.2, 0.25) is 0 Å². The number of benzene rings is 1. The van der Waals surface area contributed by atoms with E-state index in [1.54, 1.807) is 0 Å². The number of nitrogens with one attached hydrogen (secondary N) is 1. The van der Waals surface area contributed by atoms with E-state index in [1.807, 2.05) is 24.4 Å². The molecule has 0 atom stereocenters. The highest BCUT2D eigenvalue weighted by Crippen LogP contribution is 2.36. The second kappa shape index (κ2) is 5.60. The van der Waals surface area contributed by atoms with Gasteiger partial charge in [-0.3, -0.25) is 4.98 Å². The monoisotopic (exact) mass is 317 g/mol. The first kappa shape index (κ1) is 14.6. The highest BCUT2D eigenvalue weighted by Gasteiger charge is 2.18. The predicted octanol–water partition coefficient (Wildman–Crippen LogP) is 3.95. The first-order valence-corrected chi connectivity index (χ1v) is 8.09. The predicted molar refractivity (Wildman–Crippen MR) is 97.6 cm³/mol. The average molecular weight is 317 g/mol. The number of hydrogen-bond donors (Lipinski definition) is 2. The highest BCUT2D eigenvalue weighted by molar-refractivity contribution is 6.02. The lowest BCUT2D eigenvalue weighted by Gasteiger charge is -2.09. The van der Waals surface area contributed by atoms with E-state index in [9.17, 15) is 0 Å². The molecule has 3 aromatic heterocycles. The number of para-hydroxylation sites is 1. The maximum absolute atomic E-state index is 6.16. The molecule has 5 nitrogen and oxygen atoms in total. The van der Waals surface area contributed by atoms with Crippen LogP contribution in [0.1, 0.15) is 19.5 Å². The van der Waals surface area contributed by atoms with Gasteiger partial charge in [-0.25, -0.2) is 9.97 Å². The molecule has 4 aromatic rings. The fourth-order valence-electron chi connectivity index (χ4n) is 3.18. The van der Waals surface area contributed by atoms with E-state index in [2.05, 4.69) is 45.9 Å². The fourth-order valence-corrected chi connectivity index (χ4v) is 3.18. The van der Waals surface area contributed by atoms with Crippen molar-refractivity contribution in [3.05, 3.63) is 48.5 Å². The molecular weight excluding hydrogens is 298 g/mol. The standard InChI is InChI=1S/C19H19N5/c1-11(2)7-15-16(17-18(20)22-10-23-19(17)24-15)13-8-12-5-3-4-6-14(12)21-9-13/h3-6,8-11H,7H2,1-2H3,(H3,20,22,23,24). The van der Waals surface area contributed by atoms with Crippen LogP contribution in [0.3, 0.4) is 0 Å². The number of H-pyrrole nitrogens is 1. The summed E-state index contributed by atoms with van der Waals surface area (Å²) < 4.78 is 0. The number of pyridine rings is 1. The SMILES string of the molecule is CC(C)Cc1[nH]c2ncnc(N)c2c1-c1cnc2ccccc2c1. The van der Waals surface area contributed by atoms with Crippen molar-refractivity contribution in [3.8, 4) is 11.1 Å². The van der Waals surface area contributed by atoms with Crippen molar-refractivity contribution in [3.63, 3.8) is 0 Å². The average Bonchev–Trinajstić information content (AvgIpc) is 2.93. The van der Waals surface area contributed by atoms with Gasteiger partial charge in [0.25, 0.3) is 0 Å². The first-order valence-electron chi connectivity index (χ1n) is 8.09. The number of rotatable bonds is 3. The van der Waals surface area contributed by atoms with E-state index in [-0.39, 0.29) is 0 Å². The molecule has 3 heterocycles. The molecule has 3 N–H and O–H groups in total. The quantitative estimate of drug-likeness (QED) is 0.599. The molecule has 0 aliphatic heterocycles. The van der Waals surface area contributed by atoms with Crippen LogP contribution >= 0.6 is 0 Å². The largest absolute Gasteiger partial charge is 0.383 e. The van der Waals surface area contributed by atoms with E-state index in [1.165, 1.54) is 6.33 Å². The zero-order chi connectivity index (χ0) is 16.7. The molecule has 120 valence electrons. The van der Waals surface area contributed by atoms with E-state index >= 15 is 0 Å². The van der Waals surface area contributed by atoms with Crippen molar-refractivity contribution in [1.29, 1.82) is 0 Å². The summed E-state index contributed by atoms with van der Waals surface area (Å²) in [6.45, 7) is 4.39. The number of anilines is 1. The van der Waals surface area contributed by atoms with Gasteiger partial charge in [0, 0.05) is 28.4 Å². The fraction of sp³-hybridized carbons (Fsp3) is 0.211. The Morgan fingerprint density at radius 1 is 1.12 bits per heavy atom. The molecule has 0 fully saturated rings. The summed E-state index contributed by atoms with van der Waals surface area (Å²) in [6.07, 6.45) is 4.31. The van der Waals surface area contributed by atoms with E-state index < -0.39 is 0 Å². The number of aromatic amines is 1. The van der Waals surface area contributed by atoms with Crippen molar-refractivity contribution < 1.29 is 0 Å². The molecule has 5 heteroatoms.